The summed E-state index contributed by atoms with van der Waals surface area (Å²) in [7, 11) is 0. The Kier molecular flexibility index (Phi) is 5.83. The molecule has 0 N–H and O–H groups in total. The molecule has 27 heavy (non-hydrogen) atoms. The van der Waals surface area contributed by atoms with Crippen LogP contribution in [0.25, 0.3) is 5.69 Å². The molecule has 0 saturated heterocycles. The van der Waals surface area contributed by atoms with Crippen LogP contribution in [-0.2, 0) is 4.79 Å². The first-order valence-electron chi connectivity index (χ1n) is 9.07. The number of rotatable bonds is 8. The number of anilines is 1. The quantitative estimate of drug-likeness (QED) is 0.680. The highest BCUT2D eigenvalue weighted by Crippen LogP contribution is 2.50. The van der Waals surface area contributed by atoms with Gasteiger partial charge in [-0.1, -0.05) is 6.92 Å². The first-order valence-corrected chi connectivity index (χ1v) is 10.2. The minimum Gasteiger partial charge on any atom is -0.309 e. The van der Waals surface area contributed by atoms with Crippen molar-refractivity contribution in [1.82, 2.24) is 14.8 Å². The lowest BCUT2D eigenvalue weighted by molar-refractivity contribution is -0.121. The molecule has 1 aliphatic rings. The lowest BCUT2D eigenvalue weighted by Crippen LogP contribution is -2.36. The van der Waals surface area contributed by atoms with E-state index in [4.69, 9.17) is 0 Å². The van der Waals surface area contributed by atoms with Gasteiger partial charge in [0.15, 0.2) is 0 Å². The molecule has 146 valence electrons. The van der Waals surface area contributed by atoms with E-state index < -0.39 is 11.8 Å². The molecule has 2 aromatic rings. The van der Waals surface area contributed by atoms with Crippen LogP contribution in [0.4, 0.5) is 14.5 Å². The van der Waals surface area contributed by atoms with Gasteiger partial charge >= 0.3 is 0 Å². The van der Waals surface area contributed by atoms with Gasteiger partial charge in [0.2, 0.25) is 5.91 Å². The van der Waals surface area contributed by atoms with Gasteiger partial charge in [-0.15, -0.1) is 0 Å². The van der Waals surface area contributed by atoms with Crippen molar-refractivity contribution in [2.24, 2.45) is 11.8 Å². The van der Waals surface area contributed by atoms with Crippen LogP contribution in [0.15, 0.2) is 30.7 Å². The molecule has 0 aromatic carbocycles. The van der Waals surface area contributed by atoms with Crippen molar-refractivity contribution in [3.8, 4) is 5.69 Å². The minimum atomic E-state index is -2.49. The summed E-state index contributed by atoms with van der Waals surface area (Å²) < 4.78 is 27.6. The molecule has 0 spiro atoms. The number of alkyl halides is 2. The number of aromatic nitrogens is 3. The molecular formula is C19H24F2N4OS. The largest absolute Gasteiger partial charge is 0.309 e. The average Bonchev–Trinajstić information content (AvgIpc) is 3.08. The van der Waals surface area contributed by atoms with E-state index in [2.05, 4.69) is 10.1 Å². The fourth-order valence-corrected chi connectivity index (χ4v) is 4.24. The van der Waals surface area contributed by atoms with Gasteiger partial charge in [0.05, 0.1) is 29.5 Å². The highest BCUT2D eigenvalue weighted by Gasteiger charge is 2.56. The summed E-state index contributed by atoms with van der Waals surface area (Å²) in [5.74, 6) is -2.32. The van der Waals surface area contributed by atoms with Crippen LogP contribution in [0.5, 0.6) is 0 Å². The molecular weight excluding hydrogens is 370 g/mol. The van der Waals surface area contributed by atoms with Crippen LogP contribution in [0.3, 0.4) is 0 Å². The summed E-state index contributed by atoms with van der Waals surface area (Å²) in [6.07, 6.45) is 5.22. The van der Waals surface area contributed by atoms with Crippen molar-refractivity contribution in [2.45, 2.75) is 33.1 Å². The molecule has 2 aromatic heterocycles. The highest BCUT2D eigenvalue weighted by molar-refractivity contribution is 7.99. The van der Waals surface area contributed by atoms with Crippen molar-refractivity contribution < 1.29 is 13.6 Å². The summed E-state index contributed by atoms with van der Waals surface area (Å²) in [5.41, 5.74) is 2.34. The van der Waals surface area contributed by atoms with E-state index in [1.54, 1.807) is 22.0 Å². The third-order valence-electron chi connectivity index (χ3n) is 4.72. The van der Waals surface area contributed by atoms with Crippen LogP contribution in [0, 0.1) is 18.8 Å². The van der Waals surface area contributed by atoms with Crippen LogP contribution >= 0.6 is 11.8 Å². The fraction of sp³-hybridized carbons (Fsp3) is 0.526. The van der Waals surface area contributed by atoms with Crippen molar-refractivity contribution >= 4 is 23.4 Å². The number of carbonyl (C=O) groups excluding carboxylic acids is 1. The zero-order chi connectivity index (χ0) is 19.6. The monoisotopic (exact) mass is 394 g/mol. The van der Waals surface area contributed by atoms with E-state index in [1.165, 1.54) is 11.8 Å². The van der Waals surface area contributed by atoms with Gasteiger partial charge in [-0.2, -0.15) is 16.9 Å². The standard InChI is InChI=1S/C19H24F2N4OS/c1-4-24(18(26)13(2)11-27-12-15-8-19(15,20)21)17-10-25(23-14(17)3)16-6-5-7-22-9-16/h5-7,9-10,13,15H,4,8,11-12H2,1-3H3. The van der Waals surface area contributed by atoms with Gasteiger partial charge in [-0.25, -0.2) is 13.5 Å². The normalized spacial score (nSPS) is 18.9. The third kappa shape index (κ3) is 4.48. The van der Waals surface area contributed by atoms with E-state index >= 15 is 0 Å². The van der Waals surface area contributed by atoms with E-state index in [1.807, 2.05) is 39.1 Å². The van der Waals surface area contributed by atoms with Crippen LogP contribution < -0.4 is 4.90 Å². The molecule has 5 nitrogen and oxygen atoms in total. The first kappa shape index (κ1) is 19.8. The smallest absolute Gasteiger partial charge is 0.252 e. The molecule has 3 rings (SSSR count). The maximum atomic E-state index is 13.0. The molecule has 1 saturated carbocycles. The van der Waals surface area contributed by atoms with Crippen molar-refractivity contribution in [3.05, 3.63) is 36.4 Å². The number of halogens is 2. The number of thioether (sulfide) groups is 1. The highest BCUT2D eigenvalue weighted by atomic mass is 32.2. The van der Waals surface area contributed by atoms with E-state index in [0.29, 0.717) is 18.1 Å². The Balaban J connectivity index is 1.65. The molecule has 1 amide bonds. The zero-order valence-corrected chi connectivity index (χ0v) is 16.5. The Morgan fingerprint density at radius 3 is 2.85 bits per heavy atom. The second-order valence-electron chi connectivity index (χ2n) is 6.94. The van der Waals surface area contributed by atoms with Gasteiger partial charge in [0.25, 0.3) is 5.92 Å². The number of hydrogen-bond donors (Lipinski definition) is 0. The molecule has 1 aliphatic carbocycles. The summed E-state index contributed by atoms with van der Waals surface area (Å²) in [6, 6.07) is 3.73. The van der Waals surface area contributed by atoms with E-state index in [0.717, 1.165) is 17.1 Å². The predicted octanol–water partition coefficient (Wildman–Crippen LogP) is 3.95. The number of pyridine rings is 1. The number of nitrogens with zero attached hydrogens (tertiary/aromatic N) is 4. The average molecular weight is 394 g/mol. The second kappa shape index (κ2) is 7.96. The van der Waals surface area contributed by atoms with Crippen LogP contribution in [0.1, 0.15) is 26.0 Å². The van der Waals surface area contributed by atoms with Crippen molar-refractivity contribution in [1.29, 1.82) is 0 Å². The molecule has 2 atom stereocenters. The summed E-state index contributed by atoms with van der Waals surface area (Å²) in [5, 5.41) is 4.50. The molecule has 1 fully saturated rings. The van der Waals surface area contributed by atoms with E-state index in [-0.39, 0.29) is 18.2 Å². The summed E-state index contributed by atoms with van der Waals surface area (Å²) >= 11 is 1.44. The molecule has 8 heteroatoms. The Hall–Kier alpha value is -1.96. The van der Waals surface area contributed by atoms with Gasteiger partial charge in [-0.3, -0.25) is 9.78 Å². The Morgan fingerprint density at radius 1 is 1.52 bits per heavy atom. The Labute approximate surface area is 162 Å². The van der Waals surface area contributed by atoms with Gasteiger partial charge < -0.3 is 4.90 Å². The molecule has 0 radical (unpaired) electrons. The lowest BCUT2D eigenvalue weighted by atomic mass is 10.1. The lowest BCUT2D eigenvalue weighted by Gasteiger charge is -2.23. The molecule has 0 bridgehead atoms. The summed E-state index contributed by atoms with van der Waals surface area (Å²) in [6.45, 7) is 6.16. The number of hydrogen-bond acceptors (Lipinski definition) is 4. The van der Waals surface area contributed by atoms with Gasteiger partial charge in [0.1, 0.15) is 0 Å². The van der Waals surface area contributed by atoms with Gasteiger partial charge in [-0.05, 0) is 26.0 Å². The predicted molar refractivity (Wildman–Crippen MR) is 104 cm³/mol. The molecule has 0 aliphatic heterocycles. The molecule has 2 unspecified atom stereocenters. The maximum Gasteiger partial charge on any atom is 0.252 e. The maximum absolute atomic E-state index is 13.0. The van der Waals surface area contributed by atoms with E-state index in [9.17, 15) is 13.6 Å². The van der Waals surface area contributed by atoms with Crippen LogP contribution in [-0.4, -0.2) is 44.6 Å². The fourth-order valence-electron chi connectivity index (χ4n) is 2.96. The number of carbonyl (C=O) groups is 1. The van der Waals surface area contributed by atoms with Crippen molar-refractivity contribution in [3.63, 3.8) is 0 Å². The third-order valence-corrected chi connectivity index (χ3v) is 6.09. The SMILES string of the molecule is CCN(C(=O)C(C)CSCC1CC1(F)F)c1cn(-c2cccnc2)nc1C. The topological polar surface area (TPSA) is 51.0 Å². The second-order valence-corrected chi connectivity index (χ2v) is 8.01. The first-order chi connectivity index (χ1) is 12.8. The Bertz CT molecular complexity index is 796. The van der Waals surface area contributed by atoms with Crippen molar-refractivity contribution in [2.75, 3.05) is 23.0 Å². The molecule has 2 heterocycles. The Morgan fingerprint density at radius 2 is 2.26 bits per heavy atom. The summed E-state index contributed by atoms with van der Waals surface area (Å²) in [4.78, 5) is 18.7. The van der Waals surface area contributed by atoms with Gasteiger partial charge in [0, 0.05) is 42.5 Å². The van der Waals surface area contributed by atoms with Crippen LogP contribution in [0.2, 0.25) is 0 Å². The minimum absolute atomic E-state index is 0.0126. The number of aryl methyl sites for hydroxylation is 1. The number of amides is 1. The zero-order valence-electron chi connectivity index (χ0n) is 15.7.